The van der Waals surface area contributed by atoms with Gasteiger partial charge in [0.1, 0.15) is 30.3 Å². The van der Waals surface area contributed by atoms with Crippen LogP contribution in [0.5, 0.6) is 11.5 Å². The summed E-state index contributed by atoms with van der Waals surface area (Å²) < 4.78 is 13.5. The molecule has 2 aliphatic heterocycles. The minimum absolute atomic E-state index is 0.0805. The molecule has 14 heteroatoms. The number of ether oxygens (including phenoxy) is 2. The van der Waals surface area contributed by atoms with E-state index in [1.54, 1.807) is 18.2 Å². The normalized spacial score (nSPS) is 16.2. The SMILES string of the molecule is CC(C)(c1ccc(OCCCCCc2cn(CCCNc3ccc4c(c3)C(=O)N(C3CCC(=O)NC3=O)C4=O)nn2)cc1)c1ccc(OC[C@H](O)CCl)cc1. The van der Waals surface area contributed by atoms with Gasteiger partial charge in [0.25, 0.3) is 11.8 Å². The van der Waals surface area contributed by atoms with E-state index in [9.17, 15) is 24.3 Å². The Balaban J connectivity index is 0.859. The first-order valence-corrected chi connectivity index (χ1v) is 19.3. The van der Waals surface area contributed by atoms with E-state index in [4.69, 9.17) is 21.1 Å². The summed E-state index contributed by atoms with van der Waals surface area (Å²) in [4.78, 5) is 50.8. The monoisotopic (exact) mass is 770 g/mol. The zero-order valence-electron chi connectivity index (χ0n) is 31.1. The Hall–Kier alpha value is -5.27. The van der Waals surface area contributed by atoms with E-state index in [1.165, 1.54) is 5.56 Å². The zero-order chi connectivity index (χ0) is 39.0. The van der Waals surface area contributed by atoms with Crippen LogP contribution in [0, 0.1) is 0 Å². The average Bonchev–Trinajstić information content (AvgIpc) is 3.74. The second-order valence-corrected chi connectivity index (χ2v) is 14.7. The van der Waals surface area contributed by atoms with Crippen molar-refractivity contribution < 1.29 is 33.8 Å². The van der Waals surface area contributed by atoms with Crippen LogP contribution in [0.25, 0.3) is 0 Å². The van der Waals surface area contributed by atoms with E-state index < -0.39 is 35.8 Å². The molecule has 0 radical (unpaired) electrons. The number of aliphatic hydroxyl groups excluding tert-OH is 1. The van der Waals surface area contributed by atoms with Crippen LogP contribution in [-0.4, -0.2) is 86.4 Å². The number of nitrogens with one attached hydrogen (secondary N) is 2. The van der Waals surface area contributed by atoms with Gasteiger partial charge in [-0.05, 0) is 92.1 Å². The number of rotatable bonds is 19. The topological polar surface area (TPSA) is 165 Å². The number of benzene rings is 3. The largest absolute Gasteiger partial charge is 0.494 e. The maximum Gasteiger partial charge on any atom is 0.262 e. The molecule has 13 nitrogen and oxygen atoms in total. The fraction of sp³-hybridized carbons (Fsp3) is 0.415. The van der Waals surface area contributed by atoms with Gasteiger partial charge in [-0.1, -0.05) is 43.3 Å². The number of nitrogens with zero attached hydrogens (tertiary/aromatic N) is 4. The summed E-state index contributed by atoms with van der Waals surface area (Å²) in [5.41, 5.74) is 4.25. The highest BCUT2D eigenvalue weighted by molar-refractivity contribution is 6.23. The highest BCUT2D eigenvalue weighted by Crippen LogP contribution is 2.34. The molecule has 3 N–H and O–H groups in total. The highest BCUT2D eigenvalue weighted by Gasteiger charge is 2.44. The van der Waals surface area contributed by atoms with E-state index in [2.05, 4.69) is 46.9 Å². The molecule has 0 bridgehead atoms. The Bertz CT molecular complexity index is 1980. The number of amides is 4. The molecular weight excluding hydrogens is 724 g/mol. The molecule has 1 fully saturated rings. The van der Waals surface area contributed by atoms with Crippen LogP contribution in [0.4, 0.5) is 5.69 Å². The van der Waals surface area contributed by atoms with Gasteiger partial charge >= 0.3 is 0 Å². The lowest BCUT2D eigenvalue weighted by Crippen LogP contribution is -2.54. The first-order chi connectivity index (χ1) is 26.5. The number of anilines is 1. The smallest absolute Gasteiger partial charge is 0.262 e. The molecule has 2 atom stereocenters. The number of aryl methyl sites for hydroxylation is 2. The predicted octanol–water partition coefficient (Wildman–Crippen LogP) is 5.28. The molecule has 290 valence electrons. The quantitative estimate of drug-likeness (QED) is 0.0650. The van der Waals surface area contributed by atoms with E-state index in [0.717, 1.165) is 54.0 Å². The average molecular weight is 771 g/mol. The fourth-order valence-electron chi connectivity index (χ4n) is 6.73. The molecule has 0 spiro atoms. The van der Waals surface area contributed by atoms with Crippen LogP contribution in [0.2, 0.25) is 0 Å². The summed E-state index contributed by atoms with van der Waals surface area (Å²) in [6, 6.07) is 20.2. The van der Waals surface area contributed by atoms with Crippen molar-refractivity contribution in [3.8, 4) is 11.5 Å². The van der Waals surface area contributed by atoms with Crippen molar-refractivity contribution in [3.63, 3.8) is 0 Å². The lowest BCUT2D eigenvalue weighted by molar-refractivity contribution is -0.136. The highest BCUT2D eigenvalue weighted by atomic mass is 35.5. The number of fused-ring (bicyclic) bond motifs is 1. The molecule has 3 aromatic carbocycles. The number of aliphatic hydroxyl groups is 1. The summed E-state index contributed by atoms with van der Waals surface area (Å²) in [7, 11) is 0. The third-order valence-electron chi connectivity index (χ3n) is 10.0. The molecule has 1 aromatic heterocycles. The fourth-order valence-corrected chi connectivity index (χ4v) is 6.82. The maximum atomic E-state index is 13.1. The molecule has 4 amide bonds. The van der Waals surface area contributed by atoms with Gasteiger partial charge in [-0.15, -0.1) is 16.7 Å². The van der Waals surface area contributed by atoms with Gasteiger partial charge in [-0.3, -0.25) is 34.1 Å². The van der Waals surface area contributed by atoms with E-state index >= 15 is 0 Å². The number of alkyl halides is 1. The van der Waals surface area contributed by atoms with Gasteiger partial charge in [-0.2, -0.15) is 0 Å². The Kier molecular flexibility index (Phi) is 12.8. The van der Waals surface area contributed by atoms with Crippen molar-refractivity contribution in [2.45, 2.75) is 82.9 Å². The van der Waals surface area contributed by atoms with Crippen molar-refractivity contribution in [2.24, 2.45) is 0 Å². The summed E-state index contributed by atoms with van der Waals surface area (Å²) in [5.74, 6) is -0.405. The van der Waals surface area contributed by atoms with Crippen LogP contribution >= 0.6 is 11.6 Å². The van der Waals surface area contributed by atoms with E-state index in [1.807, 2.05) is 47.3 Å². The Morgan fingerprint density at radius 2 is 1.60 bits per heavy atom. The number of hydrogen-bond donors (Lipinski definition) is 3. The number of aromatic nitrogens is 3. The molecule has 0 aliphatic carbocycles. The molecule has 0 saturated carbocycles. The molecule has 2 aliphatic rings. The standard InChI is InChI=1S/C41H47ClN6O7/c1-41(2,28-10-15-33(16-11-28)55-26-31(49)24-42)27-8-13-32(14-9-27)54-22-5-3-4-7-30-25-47(46-45-30)21-6-20-43-29-12-17-34-35(23-29)40(53)48(39(34)52)36-18-19-37(50)44-38(36)51/h8-17,23,25,31,36,43,49H,3-7,18-22,24,26H2,1-2H3,(H,44,50,51)/t31-,36?/m1/s1. The minimum Gasteiger partial charge on any atom is -0.494 e. The molecule has 1 unspecified atom stereocenters. The maximum absolute atomic E-state index is 13.1. The van der Waals surface area contributed by atoms with Gasteiger partial charge in [0.2, 0.25) is 11.8 Å². The molecule has 3 heterocycles. The Morgan fingerprint density at radius 1 is 0.909 bits per heavy atom. The molecule has 6 rings (SSSR count). The number of imide groups is 2. The number of carbonyl (C=O) groups is 4. The first kappa shape index (κ1) is 39.4. The minimum atomic E-state index is -0.986. The third kappa shape index (κ3) is 9.70. The summed E-state index contributed by atoms with van der Waals surface area (Å²) in [6.45, 7) is 6.44. The number of halogens is 1. The number of piperidine rings is 1. The van der Waals surface area contributed by atoms with Gasteiger partial charge in [0.15, 0.2) is 0 Å². The van der Waals surface area contributed by atoms with Crippen molar-refractivity contribution >= 4 is 40.9 Å². The Morgan fingerprint density at radius 3 is 2.29 bits per heavy atom. The summed E-state index contributed by atoms with van der Waals surface area (Å²) >= 11 is 5.64. The van der Waals surface area contributed by atoms with Gasteiger partial charge in [0, 0.05) is 36.8 Å². The van der Waals surface area contributed by atoms with Crippen molar-refractivity contribution in [2.75, 3.05) is 31.0 Å². The van der Waals surface area contributed by atoms with E-state index in [-0.39, 0.29) is 41.9 Å². The molecular formula is C41H47ClN6O7. The number of hydrogen-bond acceptors (Lipinski definition) is 10. The summed E-state index contributed by atoms with van der Waals surface area (Å²) in [6.07, 6.45) is 6.00. The first-order valence-electron chi connectivity index (χ1n) is 18.7. The van der Waals surface area contributed by atoms with Crippen LogP contribution in [0.3, 0.4) is 0 Å². The van der Waals surface area contributed by atoms with Crippen LogP contribution < -0.4 is 20.1 Å². The van der Waals surface area contributed by atoms with Crippen molar-refractivity contribution in [1.82, 2.24) is 25.2 Å². The van der Waals surface area contributed by atoms with Crippen LogP contribution in [-0.2, 0) is 28.0 Å². The van der Waals surface area contributed by atoms with Crippen LogP contribution in [0.15, 0.2) is 72.9 Å². The zero-order valence-corrected chi connectivity index (χ0v) is 31.9. The Labute approximate surface area is 325 Å². The molecule has 4 aromatic rings. The van der Waals surface area contributed by atoms with Gasteiger partial charge in [-0.25, -0.2) is 0 Å². The lowest BCUT2D eigenvalue weighted by atomic mass is 9.78. The predicted molar refractivity (Wildman–Crippen MR) is 207 cm³/mol. The van der Waals surface area contributed by atoms with Crippen molar-refractivity contribution in [3.05, 3.63) is 101 Å². The molecule has 55 heavy (non-hydrogen) atoms. The lowest BCUT2D eigenvalue weighted by Gasteiger charge is -2.27. The number of unbranched alkanes of at least 4 members (excludes halogenated alkanes) is 2. The molecule has 1 saturated heterocycles. The summed E-state index contributed by atoms with van der Waals surface area (Å²) in [5, 5.41) is 23.7. The van der Waals surface area contributed by atoms with Gasteiger partial charge in [0.05, 0.1) is 29.3 Å². The third-order valence-corrected chi connectivity index (χ3v) is 10.4. The number of carbonyl (C=O) groups excluding carboxylic acids is 4. The van der Waals surface area contributed by atoms with Gasteiger partial charge < -0.3 is 19.9 Å². The van der Waals surface area contributed by atoms with Crippen LogP contribution in [0.1, 0.15) is 89.9 Å². The second-order valence-electron chi connectivity index (χ2n) is 14.4. The van der Waals surface area contributed by atoms with Crippen molar-refractivity contribution in [1.29, 1.82) is 0 Å². The van der Waals surface area contributed by atoms with E-state index in [0.29, 0.717) is 31.1 Å². The second kappa shape index (κ2) is 17.9.